The average Bonchev–Trinajstić information content (AvgIpc) is 2.97. The molecule has 246 valence electrons. The van der Waals surface area contributed by atoms with Gasteiger partial charge in [-0.2, -0.15) is 0 Å². The zero-order valence-electron chi connectivity index (χ0n) is 27.8. The standard InChI is InChI=1S/C36H73NO4/c1-3-5-7-9-11-13-15-17-19-21-23-25-27-29-34(39)35(40)33-37(31-32-38)36(41)30-28-26-24-22-20-18-16-14-12-10-8-6-4-2/h34-35,38-40H,3-33H2,1-2H3. The molecule has 0 aliphatic rings. The van der Waals surface area contributed by atoms with Gasteiger partial charge in [-0.1, -0.05) is 174 Å². The molecule has 0 radical (unpaired) electrons. The first kappa shape index (κ1) is 40.4. The van der Waals surface area contributed by atoms with Crippen LogP contribution in [0.5, 0.6) is 0 Å². The highest BCUT2D eigenvalue weighted by Crippen LogP contribution is 2.16. The Morgan fingerprint density at radius 1 is 0.512 bits per heavy atom. The zero-order chi connectivity index (χ0) is 30.2. The quantitative estimate of drug-likeness (QED) is 0.0672. The molecule has 0 aromatic rings. The van der Waals surface area contributed by atoms with E-state index in [1.54, 1.807) is 0 Å². The van der Waals surface area contributed by atoms with Crippen molar-refractivity contribution in [3.05, 3.63) is 0 Å². The highest BCUT2D eigenvalue weighted by atomic mass is 16.3. The highest BCUT2D eigenvalue weighted by molar-refractivity contribution is 5.76. The molecule has 0 aliphatic heterocycles. The van der Waals surface area contributed by atoms with Crippen molar-refractivity contribution in [2.24, 2.45) is 0 Å². The lowest BCUT2D eigenvalue weighted by Gasteiger charge is -2.27. The normalized spacial score (nSPS) is 13.0. The summed E-state index contributed by atoms with van der Waals surface area (Å²) in [6.45, 7) is 4.74. The van der Waals surface area contributed by atoms with Crippen LogP contribution in [0.1, 0.15) is 194 Å². The number of unbranched alkanes of at least 4 members (excludes halogenated alkanes) is 24. The van der Waals surface area contributed by atoms with Gasteiger partial charge in [0.2, 0.25) is 5.91 Å². The third kappa shape index (κ3) is 27.9. The van der Waals surface area contributed by atoms with Crippen molar-refractivity contribution in [1.29, 1.82) is 0 Å². The average molecular weight is 584 g/mol. The molecule has 0 saturated heterocycles. The van der Waals surface area contributed by atoms with E-state index in [9.17, 15) is 20.1 Å². The fourth-order valence-corrected chi connectivity index (χ4v) is 5.80. The number of hydrogen-bond donors (Lipinski definition) is 3. The summed E-state index contributed by atoms with van der Waals surface area (Å²) in [5, 5.41) is 30.4. The summed E-state index contributed by atoms with van der Waals surface area (Å²) in [7, 11) is 0. The predicted molar refractivity (Wildman–Crippen MR) is 176 cm³/mol. The third-order valence-corrected chi connectivity index (χ3v) is 8.67. The van der Waals surface area contributed by atoms with Gasteiger partial charge in [-0.3, -0.25) is 4.79 Å². The molecule has 0 aliphatic carbocycles. The fraction of sp³-hybridized carbons (Fsp3) is 0.972. The molecule has 5 heteroatoms. The maximum absolute atomic E-state index is 12.7. The lowest BCUT2D eigenvalue weighted by atomic mass is 10.0. The Bertz CT molecular complexity index is 530. The molecule has 0 aromatic carbocycles. The van der Waals surface area contributed by atoms with E-state index in [0.29, 0.717) is 12.8 Å². The lowest BCUT2D eigenvalue weighted by Crippen LogP contribution is -2.43. The van der Waals surface area contributed by atoms with Crippen molar-refractivity contribution in [2.45, 2.75) is 206 Å². The Morgan fingerprint density at radius 3 is 1.22 bits per heavy atom. The van der Waals surface area contributed by atoms with E-state index in [4.69, 9.17) is 0 Å². The number of carbonyl (C=O) groups excluding carboxylic acids is 1. The molecule has 41 heavy (non-hydrogen) atoms. The largest absolute Gasteiger partial charge is 0.395 e. The van der Waals surface area contributed by atoms with Crippen LogP contribution in [-0.4, -0.2) is 58.0 Å². The van der Waals surface area contributed by atoms with Crippen molar-refractivity contribution >= 4 is 5.91 Å². The first-order valence-electron chi connectivity index (χ1n) is 18.3. The summed E-state index contributed by atoms with van der Waals surface area (Å²) in [6.07, 6.45) is 32.5. The lowest BCUT2D eigenvalue weighted by molar-refractivity contribution is -0.134. The first-order valence-corrected chi connectivity index (χ1v) is 18.3. The van der Waals surface area contributed by atoms with Crippen LogP contribution in [0.15, 0.2) is 0 Å². The Morgan fingerprint density at radius 2 is 0.854 bits per heavy atom. The van der Waals surface area contributed by atoms with Gasteiger partial charge in [-0.15, -0.1) is 0 Å². The second-order valence-electron chi connectivity index (χ2n) is 12.7. The molecule has 0 bridgehead atoms. The van der Waals surface area contributed by atoms with Crippen LogP contribution < -0.4 is 0 Å². The number of aliphatic hydroxyl groups excluding tert-OH is 3. The number of amides is 1. The molecule has 0 aromatic heterocycles. The van der Waals surface area contributed by atoms with Crippen LogP contribution >= 0.6 is 0 Å². The van der Waals surface area contributed by atoms with Gasteiger partial charge in [-0.25, -0.2) is 0 Å². The molecule has 0 rings (SSSR count). The van der Waals surface area contributed by atoms with Crippen molar-refractivity contribution in [1.82, 2.24) is 4.90 Å². The Labute approximate surface area is 256 Å². The van der Waals surface area contributed by atoms with Gasteiger partial charge < -0.3 is 20.2 Å². The monoisotopic (exact) mass is 584 g/mol. The van der Waals surface area contributed by atoms with Crippen molar-refractivity contribution in [3.8, 4) is 0 Å². The van der Waals surface area contributed by atoms with E-state index in [0.717, 1.165) is 25.7 Å². The fourth-order valence-electron chi connectivity index (χ4n) is 5.80. The van der Waals surface area contributed by atoms with E-state index in [2.05, 4.69) is 13.8 Å². The maximum Gasteiger partial charge on any atom is 0.222 e. The number of carbonyl (C=O) groups is 1. The van der Waals surface area contributed by atoms with E-state index < -0.39 is 12.2 Å². The van der Waals surface area contributed by atoms with Crippen molar-refractivity contribution in [2.75, 3.05) is 19.7 Å². The van der Waals surface area contributed by atoms with E-state index >= 15 is 0 Å². The van der Waals surface area contributed by atoms with Gasteiger partial charge in [0, 0.05) is 19.5 Å². The van der Waals surface area contributed by atoms with Gasteiger partial charge in [0.25, 0.3) is 0 Å². The second-order valence-corrected chi connectivity index (χ2v) is 12.7. The van der Waals surface area contributed by atoms with Crippen LogP contribution in [0.4, 0.5) is 0 Å². The third-order valence-electron chi connectivity index (χ3n) is 8.67. The van der Waals surface area contributed by atoms with Crippen LogP contribution in [0.2, 0.25) is 0 Å². The molecular formula is C36H73NO4. The SMILES string of the molecule is CCCCCCCCCCCCCCCC(=O)N(CCO)CC(O)C(O)CCCCCCCCCCCCCCC. The van der Waals surface area contributed by atoms with Crippen LogP contribution in [0, 0.1) is 0 Å². The zero-order valence-corrected chi connectivity index (χ0v) is 27.8. The highest BCUT2D eigenvalue weighted by Gasteiger charge is 2.22. The number of rotatable bonds is 33. The molecule has 5 nitrogen and oxygen atoms in total. The Hall–Kier alpha value is -0.650. The Balaban J connectivity index is 3.79. The van der Waals surface area contributed by atoms with Crippen LogP contribution in [0.25, 0.3) is 0 Å². The van der Waals surface area contributed by atoms with Gasteiger partial charge >= 0.3 is 0 Å². The van der Waals surface area contributed by atoms with E-state index in [1.807, 2.05) is 0 Å². The summed E-state index contributed by atoms with van der Waals surface area (Å²) in [5.74, 6) is -0.0191. The van der Waals surface area contributed by atoms with Gasteiger partial charge in [-0.05, 0) is 12.8 Å². The van der Waals surface area contributed by atoms with Gasteiger partial charge in [0.05, 0.1) is 18.8 Å². The summed E-state index contributed by atoms with van der Waals surface area (Å²) in [6, 6.07) is 0. The minimum absolute atomic E-state index is 0.0191. The van der Waals surface area contributed by atoms with Gasteiger partial charge in [0.15, 0.2) is 0 Å². The molecular weight excluding hydrogens is 510 g/mol. The summed E-state index contributed by atoms with van der Waals surface area (Å²) in [5.41, 5.74) is 0. The van der Waals surface area contributed by atoms with Crippen molar-refractivity contribution < 1.29 is 20.1 Å². The number of aliphatic hydroxyl groups is 3. The van der Waals surface area contributed by atoms with Crippen LogP contribution in [-0.2, 0) is 4.79 Å². The molecule has 1 amide bonds. The number of hydrogen-bond acceptors (Lipinski definition) is 4. The first-order chi connectivity index (χ1) is 20.1. The second kappa shape index (κ2) is 32.3. The topological polar surface area (TPSA) is 81.0 Å². The molecule has 3 N–H and O–H groups in total. The minimum atomic E-state index is -0.950. The van der Waals surface area contributed by atoms with E-state index in [1.165, 1.54) is 146 Å². The molecule has 0 spiro atoms. The summed E-state index contributed by atoms with van der Waals surface area (Å²) >= 11 is 0. The van der Waals surface area contributed by atoms with Gasteiger partial charge in [0.1, 0.15) is 0 Å². The van der Waals surface area contributed by atoms with Crippen LogP contribution in [0.3, 0.4) is 0 Å². The summed E-state index contributed by atoms with van der Waals surface area (Å²) < 4.78 is 0. The smallest absolute Gasteiger partial charge is 0.222 e. The molecule has 2 unspecified atom stereocenters. The summed E-state index contributed by atoms with van der Waals surface area (Å²) in [4.78, 5) is 14.2. The minimum Gasteiger partial charge on any atom is -0.395 e. The van der Waals surface area contributed by atoms with E-state index in [-0.39, 0.29) is 25.6 Å². The maximum atomic E-state index is 12.7. The number of nitrogens with zero attached hydrogens (tertiary/aromatic N) is 1. The molecule has 0 fully saturated rings. The molecule has 2 atom stereocenters. The molecule has 0 heterocycles. The molecule has 0 saturated carbocycles. The Kier molecular flexibility index (Phi) is 31.8. The predicted octanol–water partition coefficient (Wildman–Crippen LogP) is 9.49. The van der Waals surface area contributed by atoms with Crippen molar-refractivity contribution in [3.63, 3.8) is 0 Å².